The maximum absolute atomic E-state index is 11.5. The predicted molar refractivity (Wildman–Crippen MR) is 49.1 cm³/mol. The molecule has 1 heterocycles. The van der Waals surface area contributed by atoms with Gasteiger partial charge in [-0.05, 0) is 6.42 Å². The smallest absolute Gasteiger partial charge is 0.227 e. The van der Waals surface area contributed by atoms with E-state index in [4.69, 9.17) is 0 Å². The normalized spacial score (nSPS) is 21.8. The lowest BCUT2D eigenvalue weighted by molar-refractivity contribution is -0.133. The Balaban J connectivity index is 2.50. The molecule has 0 aromatic heterocycles. The molecule has 1 rings (SSSR count). The largest absolute Gasteiger partial charge is 0.349 e. The van der Waals surface area contributed by atoms with Gasteiger partial charge < -0.3 is 9.80 Å². The molecule has 0 aromatic rings. The van der Waals surface area contributed by atoms with E-state index in [9.17, 15) is 9.59 Å². The monoisotopic (exact) mass is 184 g/mol. The molecule has 0 spiro atoms. The van der Waals surface area contributed by atoms with Crippen molar-refractivity contribution in [2.75, 3.05) is 27.2 Å². The molecule has 2 amide bonds. The third-order valence-electron chi connectivity index (χ3n) is 2.42. The van der Waals surface area contributed by atoms with Crippen molar-refractivity contribution >= 4 is 11.8 Å². The van der Waals surface area contributed by atoms with E-state index in [0.29, 0.717) is 6.54 Å². The van der Waals surface area contributed by atoms with Crippen molar-refractivity contribution in [2.45, 2.75) is 13.3 Å². The standard InChI is InChI=1S/C9H16N2O2/c1-7(12)11-5-4-8(6-11)9(13)10(2)3/h8H,4-6H2,1-3H3. The summed E-state index contributed by atoms with van der Waals surface area (Å²) in [5.41, 5.74) is 0. The summed E-state index contributed by atoms with van der Waals surface area (Å²) in [6.45, 7) is 2.86. The van der Waals surface area contributed by atoms with Crippen LogP contribution in [0.1, 0.15) is 13.3 Å². The van der Waals surface area contributed by atoms with E-state index in [1.165, 1.54) is 0 Å². The highest BCUT2D eigenvalue weighted by Gasteiger charge is 2.30. The first-order valence-corrected chi connectivity index (χ1v) is 4.49. The van der Waals surface area contributed by atoms with Crippen molar-refractivity contribution in [3.63, 3.8) is 0 Å². The summed E-state index contributed by atoms with van der Waals surface area (Å²) in [5, 5.41) is 0. The maximum Gasteiger partial charge on any atom is 0.227 e. The van der Waals surface area contributed by atoms with Gasteiger partial charge in [-0.25, -0.2) is 0 Å². The van der Waals surface area contributed by atoms with Crippen LogP contribution in [0.3, 0.4) is 0 Å². The third kappa shape index (κ3) is 2.20. The van der Waals surface area contributed by atoms with E-state index in [-0.39, 0.29) is 17.7 Å². The van der Waals surface area contributed by atoms with Crippen LogP contribution in [0.5, 0.6) is 0 Å². The summed E-state index contributed by atoms with van der Waals surface area (Å²) in [4.78, 5) is 25.8. The number of hydrogen-bond acceptors (Lipinski definition) is 2. The molecule has 0 bridgehead atoms. The predicted octanol–water partition coefficient (Wildman–Crippen LogP) is -0.0570. The second-order valence-electron chi connectivity index (χ2n) is 3.68. The van der Waals surface area contributed by atoms with Crippen molar-refractivity contribution in [1.29, 1.82) is 0 Å². The van der Waals surface area contributed by atoms with Crippen molar-refractivity contribution in [2.24, 2.45) is 5.92 Å². The van der Waals surface area contributed by atoms with Crippen LogP contribution in [0.2, 0.25) is 0 Å². The van der Waals surface area contributed by atoms with Crippen LogP contribution >= 0.6 is 0 Å². The quantitative estimate of drug-likeness (QED) is 0.573. The van der Waals surface area contributed by atoms with Crippen LogP contribution < -0.4 is 0 Å². The van der Waals surface area contributed by atoms with Crippen LogP contribution in [0.25, 0.3) is 0 Å². The molecule has 0 N–H and O–H groups in total. The number of carbonyl (C=O) groups is 2. The van der Waals surface area contributed by atoms with Gasteiger partial charge in [0.25, 0.3) is 0 Å². The fourth-order valence-electron chi connectivity index (χ4n) is 1.61. The Bertz CT molecular complexity index is 226. The fraction of sp³-hybridized carbons (Fsp3) is 0.778. The maximum atomic E-state index is 11.5. The fourth-order valence-corrected chi connectivity index (χ4v) is 1.61. The average molecular weight is 184 g/mol. The summed E-state index contributed by atoms with van der Waals surface area (Å²) in [6.07, 6.45) is 0.802. The third-order valence-corrected chi connectivity index (χ3v) is 2.42. The molecule has 1 unspecified atom stereocenters. The molecule has 0 aliphatic carbocycles. The number of hydrogen-bond donors (Lipinski definition) is 0. The number of nitrogens with zero attached hydrogens (tertiary/aromatic N) is 2. The van der Waals surface area contributed by atoms with E-state index in [1.807, 2.05) is 0 Å². The zero-order valence-electron chi connectivity index (χ0n) is 8.41. The van der Waals surface area contributed by atoms with E-state index >= 15 is 0 Å². The van der Waals surface area contributed by atoms with Gasteiger partial charge in [0, 0.05) is 34.1 Å². The molecule has 1 atom stereocenters. The van der Waals surface area contributed by atoms with Gasteiger partial charge in [-0.15, -0.1) is 0 Å². The molecule has 1 saturated heterocycles. The minimum atomic E-state index is 0.0129. The summed E-state index contributed by atoms with van der Waals surface area (Å²) < 4.78 is 0. The average Bonchev–Trinajstić information content (AvgIpc) is 2.50. The summed E-state index contributed by atoms with van der Waals surface area (Å²) in [7, 11) is 3.50. The Morgan fingerprint density at radius 2 is 2.00 bits per heavy atom. The van der Waals surface area contributed by atoms with Gasteiger partial charge in [0.2, 0.25) is 11.8 Å². The van der Waals surface area contributed by atoms with Crippen LogP contribution in [-0.2, 0) is 9.59 Å². The molecule has 0 aromatic carbocycles. The second kappa shape index (κ2) is 3.77. The number of rotatable bonds is 1. The van der Waals surface area contributed by atoms with E-state index in [0.717, 1.165) is 13.0 Å². The summed E-state index contributed by atoms with van der Waals surface area (Å²) >= 11 is 0. The Hall–Kier alpha value is -1.06. The minimum absolute atomic E-state index is 0.0129. The first-order chi connectivity index (χ1) is 6.02. The van der Waals surface area contributed by atoms with Crippen molar-refractivity contribution in [1.82, 2.24) is 9.80 Å². The van der Waals surface area contributed by atoms with Crippen molar-refractivity contribution in [3.8, 4) is 0 Å². The number of carbonyl (C=O) groups excluding carboxylic acids is 2. The van der Waals surface area contributed by atoms with Gasteiger partial charge >= 0.3 is 0 Å². The minimum Gasteiger partial charge on any atom is -0.349 e. The SMILES string of the molecule is CC(=O)N1CCC(C(=O)N(C)C)C1. The molecule has 1 aliphatic heterocycles. The highest BCUT2D eigenvalue weighted by atomic mass is 16.2. The molecule has 0 radical (unpaired) electrons. The summed E-state index contributed by atoms with van der Waals surface area (Å²) in [5.74, 6) is 0.205. The zero-order valence-corrected chi connectivity index (χ0v) is 8.41. The highest BCUT2D eigenvalue weighted by molar-refractivity contribution is 5.81. The molecule has 4 nitrogen and oxygen atoms in total. The first kappa shape index (κ1) is 10.0. The lowest BCUT2D eigenvalue weighted by Crippen LogP contribution is -2.33. The van der Waals surface area contributed by atoms with Gasteiger partial charge in [-0.1, -0.05) is 0 Å². The second-order valence-corrected chi connectivity index (χ2v) is 3.68. The highest BCUT2D eigenvalue weighted by Crippen LogP contribution is 2.17. The van der Waals surface area contributed by atoms with Crippen LogP contribution in [0, 0.1) is 5.92 Å². The first-order valence-electron chi connectivity index (χ1n) is 4.49. The summed E-state index contributed by atoms with van der Waals surface area (Å²) in [6, 6.07) is 0. The molecule has 4 heteroatoms. The van der Waals surface area contributed by atoms with E-state index < -0.39 is 0 Å². The zero-order chi connectivity index (χ0) is 10.0. The molecular weight excluding hydrogens is 168 g/mol. The molecule has 74 valence electrons. The Morgan fingerprint density at radius 3 is 2.38 bits per heavy atom. The van der Waals surface area contributed by atoms with Gasteiger partial charge in [-0.2, -0.15) is 0 Å². The number of likely N-dealkylation sites (tertiary alicyclic amines) is 1. The van der Waals surface area contributed by atoms with Crippen molar-refractivity contribution in [3.05, 3.63) is 0 Å². The molecule has 1 aliphatic rings. The Morgan fingerprint density at radius 1 is 1.38 bits per heavy atom. The molecular formula is C9H16N2O2. The lowest BCUT2D eigenvalue weighted by atomic mass is 10.1. The van der Waals surface area contributed by atoms with Gasteiger partial charge in [0.15, 0.2) is 0 Å². The molecule has 0 saturated carbocycles. The Labute approximate surface area is 78.5 Å². The molecule has 13 heavy (non-hydrogen) atoms. The van der Waals surface area contributed by atoms with Gasteiger partial charge in [0.05, 0.1) is 5.92 Å². The van der Waals surface area contributed by atoms with E-state index in [2.05, 4.69) is 0 Å². The molecule has 1 fully saturated rings. The van der Waals surface area contributed by atoms with Crippen LogP contribution in [-0.4, -0.2) is 48.8 Å². The lowest BCUT2D eigenvalue weighted by Gasteiger charge is -2.16. The van der Waals surface area contributed by atoms with Crippen LogP contribution in [0.15, 0.2) is 0 Å². The van der Waals surface area contributed by atoms with Gasteiger partial charge in [-0.3, -0.25) is 9.59 Å². The number of amides is 2. The topological polar surface area (TPSA) is 40.6 Å². The van der Waals surface area contributed by atoms with E-state index in [1.54, 1.807) is 30.8 Å². The Kier molecular flexibility index (Phi) is 2.90. The van der Waals surface area contributed by atoms with Crippen molar-refractivity contribution < 1.29 is 9.59 Å². The van der Waals surface area contributed by atoms with Crippen LogP contribution in [0.4, 0.5) is 0 Å². The van der Waals surface area contributed by atoms with Gasteiger partial charge in [0.1, 0.15) is 0 Å².